The number of nitrogens with one attached hydrogen (secondary N) is 1. The molecule has 0 spiro atoms. The smallest absolute Gasteiger partial charge is 0.0328 e. The van der Waals surface area contributed by atoms with E-state index in [0.29, 0.717) is 0 Å². The molecule has 1 N–H and O–H groups in total. The molecule has 1 aliphatic carbocycles. The zero-order valence-corrected chi connectivity index (χ0v) is 12.1. The molecular formula is C15H24N2S. The van der Waals surface area contributed by atoms with Crippen LogP contribution in [0.4, 0.5) is 0 Å². The molecule has 3 rings (SSSR count). The summed E-state index contributed by atoms with van der Waals surface area (Å²) in [6, 6.07) is 4.62. The highest BCUT2D eigenvalue weighted by Crippen LogP contribution is 2.38. The van der Waals surface area contributed by atoms with Crippen molar-refractivity contribution in [1.82, 2.24) is 10.2 Å². The van der Waals surface area contributed by atoms with Gasteiger partial charge in [-0.05, 0) is 43.4 Å². The van der Waals surface area contributed by atoms with Crippen LogP contribution < -0.4 is 5.32 Å². The fourth-order valence-electron chi connectivity index (χ4n) is 3.53. The first-order valence-corrected chi connectivity index (χ1v) is 8.17. The predicted molar refractivity (Wildman–Crippen MR) is 77.8 cm³/mol. The van der Waals surface area contributed by atoms with Gasteiger partial charge in [-0.3, -0.25) is 4.90 Å². The Balaban J connectivity index is 1.52. The van der Waals surface area contributed by atoms with Crippen LogP contribution in [0.25, 0.3) is 0 Å². The molecule has 1 aromatic heterocycles. The van der Waals surface area contributed by atoms with Gasteiger partial charge in [0.1, 0.15) is 0 Å². The van der Waals surface area contributed by atoms with Crippen molar-refractivity contribution in [2.24, 2.45) is 11.8 Å². The van der Waals surface area contributed by atoms with Crippen LogP contribution in [-0.2, 0) is 13.1 Å². The van der Waals surface area contributed by atoms with Gasteiger partial charge in [-0.1, -0.05) is 13.3 Å². The Hall–Kier alpha value is -0.380. The quantitative estimate of drug-likeness (QED) is 0.879. The predicted octanol–water partition coefficient (Wildman–Crippen LogP) is 3.09. The minimum Gasteiger partial charge on any atom is -0.312 e. The van der Waals surface area contributed by atoms with Crippen molar-refractivity contribution in [1.29, 1.82) is 0 Å². The molecule has 2 heterocycles. The van der Waals surface area contributed by atoms with Gasteiger partial charge in [0.15, 0.2) is 0 Å². The van der Waals surface area contributed by atoms with Gasteiger partial charge in [0.25, 0.3) is 0 Å². The van der Waals surface area contributed by atoms with Gasteiger partial charge in [0.2, 0.25) is 0 Å². The second kappa shape index (κ2) is 5.72. The second-order valence-electron chi connectivity index (χ2n) is 5.79. The molecule has 100 valence electrons. The second-order valence-corrected chi connectivity index (χ2v) is 7.05. The van der Waals surface area contributed by atoms with E-state index in [0.717, 1.165) is 24.9 Å². The number of nitrogens with zero attached hydrogens (tertiary/aromatic N) is 1. The van der Waals surface area contributed by atoms with Gasteiger partial charge >= 0.3 is 0 Å². The Bertz CT molecular complexity index is 376. The average Bonchev–Trinajstić information content (AvgIpc) is 3.02. The molecule has 1 saturated carbocycles. The van der Waals surface area contributed by atoms with Crippen LogP contribution in [0.3, 0.4) is 0 Å². The lowest BCUT2D eigenvalue weighted by Gasteiger charge is -2.15. The van der Waals surface area contributed by atoms with Crippen LogP contribution in [0.1, 0.15) is 35.9 Å². The Morgan fingerprint density at radius 1 is 1.22 bits per heavy atom. The van der Waals surface area contributed by atoms with E-state index in [1.54, 1.807) is 4.88 Å². The third kappa shape index (κ3) is 2.79. The van der Waals surface area contributed by atoms with E-state index in [1.165, 1.54) is 43.8 Å². The number of hydrogen-bond donors (Lipinski definition) is 1. The molecule has 1 saturated heterocycles. The van der Waals surface area contributed by atoms with Gasteiger partial charge in [-0.2, -0.15) is 0 Å². The monoisotopic (exact) mass is 264 g/mol. The fourth-order valence-corrected chi connectivity index (χ4v) is 4.56. The van der Waals surface area contributed by atoms with E-state index in [2.05, 4.69) is 29.3 Å². The van der Waals surface area contributed by atoms with Crippen molar-refractivity contribution in [3.63, 3.8) is 0 Å². The summed E-state index contributed by atoms with van der Waals surface area (Å²) >= 11 is 1.98. The Morgan fingerprint density at radius 3 is 2.67 bits per heavy atom. The first kappa shape index (κ1) is 12.6. The fraction of sp³-hybridized carbons (Fsp3) is 0.733. The van der Waals surface area contributed by atoms with E-state index in [1.807, 2.05) is 11.3 Å². The minimum absolute atomic E-state index is 1.02. The highest BCUT2D eigenvalue weighted by atomic mass is 32.1. The van der Waals surface area contributed by atoms with Gasteiger partial charge < -0.3 is 5.32 Å². The summed E-state index contributed by atoms with van der Waals surface area (Å²) in [5.74, 6) is 2.04. The molecule has 0 bridgehead atoms. The Labute approximate surface area is 114 Å². The summed E-state index contributed by atoms with van der Waals surface area (Å²) < 4.78 is 0. The van der Waals surface area contributed by atoms with Crippen LogP contribution >= 0.6 is 11.3 Å². The van der Waals surface area contributed by atoms with Crippen molar-refractivity contribution < 1.29 is 0 Å². The Kier molecular flexibility index (Phi) is 4.02. The molecule has 0 amide bonds. The summed E-state index contributed by atoms with van der Waals surface area (Å²) in [6.07, 6.45) is 4.45. The van der Waals surface area contributed by atoms with Crippen molar-refractivity contribution in [3.05, 3.63) is 21.9 Å². The Morgan fingerprint density at radius 2 is 1.94 bits per heavy atom. The van der Waals surface area contributed by atoms with Crippen LogP contribution in [0, 0.1) is 11.8 Å². The van der Waals surface area contributed by atoms with Crippen LogP contribution in [0.15, 0.2) is 12.1 Å². The van der Waals surface area contributed by atoms with Crippen LogP contribution in [0.2, 0.25) is 0 Å². The lowest BCUT2D eigenvalue weighted by molar-refractivity contribution is 0.306. The maximum absolute atomic E-state index is 3.40. The van der Waals surface area contributed by atoms with E-state index in [-0.39, 0.29) is 0 Å². The highest BCUT2D eigenvalue weighted by molar-refractivity contribution is 7.11. The minimum atomic E-state index is 1.02. The molecule has 3 heteroatoms. The summed E-state index contributed by atoms with van der Waals surface area (Å²) in [5, 5.41) is 3.40. The average molecular weight is 264 g/mol. The van der Waals surface area contributed by atoms with Gasteiger partial charge in [-0.15, -0.1) is 11.3 Å². The molecule has 1 aromatic rings. The highest BCUT2D eigenvalue weighted by Gasteiger charge is 2.35. The van der Waals surface area contributed by atoms with Gasteiger partial charge in [0.05, 0.1) is 0 Å². The molecule has 0 radical (unpaired) electrons. The first-order valence-electron chi connectivity index (χ1n) is 7.36. The van der Waals surface area contributed by atoms with Gasteiger partial charge in [-0.25, -0.2) is 0 Å². The topological polar surface area (TPSA) is 15.3 Å². The maximum atomic E-state index is 3.40. The van der Waals surface area contributed by atoms with Gasteiger partial charge in [0, 0.05) is 35.9 Å². The van der Waals surface area contributed by atoms with Crippen molar-refractivity contribution in [2.75, 3.05) is 19.6 Å². The van der Waals surface area contributed by atoms with Crippen LogP contribution in [0.5, 0.6) is 0 Å². The van der Waals surface area contributed by atoms with Crippen molar-refractivity contribution >= 4 is 11.3 Å². The van der Waals surface area contributed by atoms with E-state index >= 15 is 0 Å². The lowest BCUT2D eigenvalue weighted by atomic mass is 10.0. The number of likely N-dealkylation sites (tertiary alicyclic amines) is 1. The molecule has 2 fully saturated rings. The zero-order valence-electron chi connectivity index (χ0n) is 11.3. The summed E-state index contributed by atoms with van der Waals surface area (Å²) in [4.78, 5) is 5.70. The molecule has 0 aromatic carbocycles. The molecule has 2 aliphatic rings. The molecule has 1 aliphatic heterocycles. The number of thiophene rings is 1. The van der Waals surface area contributed by atoms with E-state index in [9.17, 15) is 0 Å². The first-order chi connectivity index (χ1) is 8.85. The number of rotatable bonds is 5. The summed E-state index contributed by atoms with van der Waals surface area (Å²) in [5.41, 5.74) is 0. The molecule has 18 heavy (non-hydrogen) atoms. The SMILES string of the molecule is CCNCc1ccc(CN2CC3CCCC3C2)s1. The molecular weight excluding hydrogens is 240 g/mol. The maximum Gasteiger partial charge on any atom is 0.0328 e. The molecule has 2 unspecified atom stereocenters. The normalized spacial score (nSPS) is 27.8. The van der Waals surface area contributed by atoms with E-state index < -0.39 is 0 Å². The number of fused-ring (bicyclic) bond motifs is 1. The van der Waals surface area contributed by atoms with Crippen molar-refractivity contribution in [2.45, 2.75) is 39.3 Å². The number of hydrogen-bond acceptors (Lipinski definition) is 3. The molecule has 2 atom stereocenters. The third-order valence-electron chi connectivity index (χ3n) is 4.45. The summed E-state index contributed by atoms with van der Waals surface area (Å²) in [6.45, 7) is 8.15. The molecule has 2 nitrogen and oxygen atoms in total. The third-order valence-corrected chi connectivity index (χ3v) is 5.52. The van der Waals surface area contributed by atoms with Crippen LogP contribution in [-0.4, -0.2) is 24.5 Å². The largest absolute Gasteiger partial charge is 0.312 e. The van der Waals surface area contributed by atoms with Crippen molar-refractivity contribution in [3.8, 4) is 0 Å². The summed E-state index contributed by atoms with van der Waals surface area (Å²) in [7, 11) is 0. The zero-order chi connectivity index (χ0) is 12.4. The standard InChI is InChI=1S/C15H24N2S/c1-2-16-8-14-6-7-15(18-14)11-17-9-12-4-3-5-13(12)10-17/h6-7,12-13,16H,2-5,8-11H2,1H3. The lowest BCUT2D eigenvalue weighted by Crippen LogP contribution is -2.20. The van der Waals surface area contributed by atoms with E-state index in [4.69, 9.17) is 0 Å².